The molecule has 0 atom stereocenters. The summed E-state index contributed by atoms with van der Waals surface area (Å²) in [5.41, 5.74) is 2.74. The minimum Gasteiger partial charge on any atom is -0.368 e. The van der Waals surface area contributed by atoms with Gasteiger partial charge >= 0.3 is 0 Å². The van der Waals surface area contributed by atoms with Crippen LogP contribution in [0.5, 0.6) is 0 Å². The van der Waals surface area contributed by atoms with E-state index in [-0.39, 0.29) is 17.3 Å². The number of rotatable bonds is 7. The largest absolute Gasteiger partial charge is 0.368 e. The fourth-order valence-corrected chi connectivity index (χ4v) is 5.02. The molecule has 1 amide bonds. The first-order valence-corrected chi connectivity index (χ1v) is 12.5. The first kappa shape index (κ1) is 23.6. The number of hydrogen-bond donors (Lipinski definition) is 0. The summed E-state index contributed by atoms with van der Waals surface area (Å²) >= 11 is 1.34. The second-order valence-corrected chi connectivity index (χ2v) is 9.22. The first-order valence-electron chi connectivity index (χ1n) is 11.6. The van der Waals surface area contributed by atoms with E-state index in [0.29, 0.717) is 29.6 Å². The van der Waals surface area contributed by atoms with Gasteiger partial charge in [0.05, 0.1) is 10.7 Å². The zero-order valence-electron chi connectivity index (χ0n) is 19.4. The third kappa shape index (κ3) is 5.08. The van der Waals surface area contributed by atoms with E-state index in [0.717, 1.165) is 18.8 Å². The Bertz CT molecular complexity index is 1340. The lowest BCUT2D eigenvalue weighted by Crippen LogP contribution is -2.49. The molecule has 1 saturated heterocycles. The van der Waals surface area contributed by atoms with Crippen LogP contribution >= 0.6 is 11.8 Å². The van der Waals surface area contributed by atoms with Crippen LogP contribution in [-0.4, -0.2) is 62.4 Å². The predicted molar refractivity (Wildman–Crippen MR) is 139 cm³/mol. The summed E-state index contributed by atoms with van der Waals surface area (Å²) in [6, 6.07) is 26.1. The maximum atomic E-state index is 13.0. The van der Waals surface area contributed by atoms with Crippen LogP contribution in [-0.2, 0) is 4.79 Å². The maximum absolute atomic E-state index is 13.0. The fraction of sp³-hybridized carbons (Fsp3) is 0.192. The average Bonchev–Trinajstić information content (AvgIpc) is 3.37. The molecule has 36 heavy (non-hydrogen) atoms. The third-order valence-electron chi connectivity index (χ3n) is 6.06. The molecule has 1 aliphatic heterocycles. The van der Waals surface area contributed by atoms with Gasteiger partial charge < -0.3 is 9.80 Å². The number of anilines is 1. The highest BCUT2D eigenvalue weighted by molar-refractivity contribution is 7.99. The summed E-state index contributed by atoms with van der Waals surface area (Å²) in [6.07, 6.45) is 0. The van der Waals surface area contributed by atoms with Crippen molar-refractivity contribution in [3.63, 3.8) is 0 Å². The van der Waals surface area contributed by atoms with Gasteiger partial charge in [-0.2, -0.15) is 0 Å². The van der Waals surface area contributed by atoms with Gasteiger partial charge in [-0.15, -0.1) is 10.2 Å². The van der Waals surface area contributed by atoms with Crippen molar-refractivity contribution in [2.45, 2.75) is 5.16 Å². The molecule has 10 heteroatoms. The second-order valence-electron chi connectivity index (χ2n) is 8.27. The number of piperazine rings is 1. The number of amides is 1. The normalized spacial score (nSPS) is 13.6. The summed E-state index contributed by atoms with van der Waals surface area (Å²) in [4.78, 5) is 27.8. The van der Waals surface area contributed by atoms with Crippen molar-refractivity contribution in [2.75, 3.05) is 36.8 Å². The Morgan fingerprint density at radius 1 is 0.833 bits per heavy atom. The molecule has 0 saturated carbocycles. The van der Waals surface area contributed by atoms with Crippen molar-refractivity contribution in [2.24, 2.45) is 0 Å². The van der Waals surface area contributed by atoms with Crippen LogP contribution in [0, 0.1) is 10.1 Å². The van der Waals surface area contributed by atoms with Crippen LogP contribution in [0.2, 0.25) is 0 Å². The number of hydrogen-bond acceptors (Lipinski definition) is 7. The molecule has 2 heterocycles. The summed E-state index contributed by atoms with van der Waals surface area (Å²) in [6.45, 7) is 2.94. The number of non-ortho nitro benzene ring substituents is 1. The molecule has 4 aromatic rings. The number of benzene rings is 3. The van der Waals surface area contributed by atoms with Crippen molar-refractivity contribution in [3.8, 4) is 17.1 Å². The van der Waals surface area contributed by atoms with E-state index in [9.17, 15) is 14.9 Å². The van der Waals surface area contributed by atoms with Gasteiger partial charge in [-0.1, -0.05) is 48.2 Å². The molecule has 5 rings (SSSR count). The minimum absolute atomic E-state index is 0.0112. The summed E-state index contributed by atoms with van der Waals surface area (Å²) in [5, 5.41) is 20.4. The fourth-order valence-electron chi connectivity index (χ4n) is 4.16. The van der Waals surface area contributed by atoms with Crippen molar-refractivity contribution in [1.29, 1.82) is 0 Å². The van der Waals surface area contributed by atoms with Crippen molar-refractivity contribution in [3.05, 3.63) is 95.0 Å². The molecule has 1 aliphatic rings. The van der Waals surface area contributed by atoms with Gasteiger partial charge in [0, 0.05) is 55.2 Å². The maximum Gasteiger partial charge on any atom is 0.269 e. The van der Waals surface area contributed by atoms with Gasteiger partial charge in [-0.05, 0) is 36.4 Å². The number of carbonyl (C=O) groups excluding carboxylic acids is 1. The molecular weight excluding hydrogens is 476 g/mol. The molecule has 0 aliphatic carbocycles. The van der Waals surface area contributed by atoms with E-state index in [4.69, 9.17) is 0 Å². The smallest absolute Gasteiger partial charge is 0.269 e. The van der Waals surface area contributed by atoms with E-state index in [1.807, 2.05) is 58.0 Å². The van der Waals surface area contributed by atoms with Crippen LogP contribution in [0.25, 0.3) is 17.1 Å². The Morgan fingerprint density at radius 3 is 2.06 bits per heavy atom. The lowest BCUT2D eigenvalue weighted by Gasteiger charge is -2.36. The van der Waals surface area contributed by atoms with Crippen LogP contribution in [0.1, 0.15) is 0 Å². The van der Waals surface area contributed by atoms with Crippen LogP contribution in [0.4, 0.5) is 11.4 Å². The molecule has 0 radical (unpaired) electrons. The molecule has 1 fully saturated rings. The molecule has 0 spiro atoms. The Labute approximate surface area is 212 Å². The van der Waals surface area contributed by atoms with Crippen molar-refractivity contribution >= 4 is 29.0 Å². The summed E-state index contributed by atoms with van der Waals surface area (Å²) in [5.74, 6) is 0.867. The van der Waals surface area contributed by atoms with Crippen LogP contribution in [0.15, 0.2) is 90.1 Å². The predicted octanol–water partition coefficient (Wildman–Crippen LogP) is 4.28. The summed E-state index contributed by atoms with van der Waals surface area (Å²) < 4.78 is 1.88. The van der Waals surface area contributed by atoms with Gasteiger partial charge in [0.1, 0.15) is 0 Å². The Kier molecular flexibility index (Phi) is 6.94. The minimum atomic E-state index is -0.432. The van der Waals surface area contributed by atoms with E-state index in [1.54, 1.807) is 12.1 Å². The summed E-state index contributed by atoms with van der Waals surface area (Å²) in [7, 11) is 0. The molecular formula is C26H24N6O3S. The highest BCUT2D eigenvalue weighted by Crippen LogP contribution is 2.29. The van der Waals surface area contributed by atoms with Crippen molar-refractivity contribution in [1.82, 2.24) is 19.7 Å². The third-order valence-corrected chi connectivity index (χ3v) is 6.98. The topological polar surface area (TPSA) is 97.4 Å². The highest BCUT2D eigenvalue weighted by Gasteiger charge is 2.23. The number of para-hydroxylation sites is 2. The Hall–Kier alpha value is -4.18. The lowest BCUT2D eigenvalue weighted by molar-refractivity contribution is -0.384. The monoisotopic (exact) mass is 500 g/mol. The first-order chi connectivity index (χ1) is 17.6. The standard InChI is InChI=1S/C26H24N6O3S/c33-24(30-17-15-29(16-18-30)21-7-3-1-4-8-21)19-36-26-28-27-25(31(26)22-9-5-2-6-10-22)20-11-13-23(14-12-20)32(34)35/h1-14H,15-19H2. The van der Waals surface area contributed by atoms with Gasteiger partial charge in [0.15, 0.2) is 11.0 Å². The van der Waals surface area contributed by atoms with E-state index >= 15 is 0 Å². The second kappa shape index (κ2) is 10.6. The number of carbonyl (C=O) groups is 1. The quantitative estimate of drug-likeness (QED) is 0.212. The zero-order chi connectivity index (χ0) is 24.9. The highest BCUT2D eigenvalue weighted by atomic mass is 32.2. The number of nitrogens with zero attached hydrogens (tertiary/aromatic N) is 6. The molecule has 182 valence electrons. The zero-order valence-corrected chi connectivity index (χ0v) is 20.3. The van der Waals surface area contributed by atoms with Gasteiger partial charge in [0.25, 0.3) is 5.69 Å². The molecule has 0 bridgehead atoms. The van der Waals surface area contributed by atoms with Gasteiger partial charge in [0.2, 0.25) is 5.91 Å². The molecule has 9 nitrogen and oxygen atoms in total. The number of nitro benzene ring substituents is 1. The molecule has 0 unspecified atom stereocenters. The van der Waals surface area contributed by atoms with Crippen LogP contribution in [0.3, 0.4) is 0 Å². The van der Waals surface area contributed by atoms with E-state index in [1.165, 1.54) is 29.6 Å². The number of aromatic nitrogens is 3. The molecule has 0 N–H and O–H groups in total. The SMILES string of the molecule is O=C(CSc1nnc(-c2ccc([N+](=O)[O-])cc2)n1-c1ccccc1)N1CCN(c2ccccc2)CC1. The van der Waals surface area contributed by atoms with Gasteiger partial charge in [-0.3, -0.25) is 19.5 Å². The Balaban J connectivity index is 1.30. The lowest BCUT2D eigenvalue weighted by atomic mass is 10.2. The number of nitro groups is 1. The molecule has 1 aromatic heterocycles. The van der Waals surface area contributed by atoms with Crippen LogP contribution < -0.4 is 4.90 Å². The van der Waals surface area contributed by atoms with Gasteiger partial charge in [-0.25, -0.2) is 0 Å². The van der Waals surface area contributed by atoms with E-state index < -0.39 is 4.92 Å². The average molecular weight is 501 g/mol. The van der Waals surface area contributed by atoms with E-state index in [2.05, 4.69) is 27.2 Å². The molecule has 3 aromatic carbocycles. The van der Waals surface area contributed by atoms with Crippen molar-refractivity contribution < 1.29 is 9.72 Å². The number of thioether (sulfide) groups is 1. The Morgan fingerprint density at radius 2 is 1.44 bits per heavy atom.